The number of rotatable bonds is 2. The number of piperidine rings is 1. The summed E-state index contributed by atoms with van der Waals surface area (Å²) < 4.78 is 0. The highest BCUT2D eigenvalue weighted by Crippen LogP contribution is 2.30. The third-order valence-corrected chi connectivity index (χ3v) is 4.05. The van der Waals surface area contributed by atoms with Crippen molar-refractivity contribution in [2.75, 3.05) is 13.1 Å². The standard InChI is InChI=1S/C12H20N2O3/c13-12(5-1-2-6-12)11(17)14-7-3-9(4-8-14)10(15)16/h9H,1-8,13H2,(H,15,16). The van der Waals surface area contributed by atoms with Crippen molar-refractivity contribution in [3.05, 3.63) is 0 Å². The SMILES string of the molecule is NC1(C(=O)N2CCC(C(=O)O)CC2)CCCC1. The van der Waals surface area contributed by atoms with Crippen LogP contribution in [0.25, 0.3) is 0 Å². The Bertz CT molecular complexity index is 316. The predicted molar refractivity (Wildman–Crippen MR) is 62.3 cm³/mol. The lowest BCUT2D eigenvalue weighted by Gasteiger charge is -2.35. The molecule has 0 unspecified atom stereocenters. The number of likely N-dealkylation sites (tertiary alicyclic amines) is 1. The van der Waals surface area contributed by atoms with Gasteiger partial charge in [0.15, 0.2) is 0 Å². The van der Waals surface area contributed by atoms with Crippen molar-refractivity contribution in [1.29, 1.82) is 0 Å². The van der Waals surface area contributed by atoms with E-state index in [9.17, 15) is 9.59 Å². The van der Waals surface area contributed by atoms with E-state index in [2.05, 4.69) is 0 Å². The van der Waals surface area contributed by atoms with Crippen molar-refractivity contribution in [3.8, 4) is 0 Å². The van der Waals surface area contributed by atoms with Gasteiger partial charge in [0.2, 0.25) is 5.91 Å². The fraction of sp³-hybridized carbons (Fsp3) is 0.833. The molecular formula is C12H20N2O3. The second-order valence-corrected chi connectivity index (χ2v) is 5.27. The molecule has 0 atom stereocenters. The maximum absolute atomic E-state index is 12.3. The molecule has 5 nitrogen and oxygen atoms in total. The van der Waals surface area contributed by atoms with E-state index in [0.717, 1.165) is 25.7 Å². The molecule has 3 N–H and O–H groups in total. The summed E-state index contributed by atoms with van der Waals surface area (Å²) in [6, 6.07) is 0. The third-order valence-electron chi connectivity index (χ3n) is 4.05. The van der Waals surface area contributed by atoms with E-state index in [-0.39, 0.29) is 11.8 Å². The molecule has 5 heteroatoms. The van der Waals surface area contributed by atoms with Gasteiger partial charge in [0, 0.05) is 13.1 Å². The van der Waals surface area contributed by atoms with E-state index in [4.69, 9.17) is 10.8 Å². The molecule has 0 spiro atoms. The van der Waals surface area contributed by atoms with Crippen LogP contribution in [-0.4, -0.2) is 40.5 Å². The summed E-state index contributed by atoms with van der Waals surface area (Å²) in [5, 5.41) is 8.90. The molecule has 1 heterocycles. The molecular weight excluding hydrogens is 220 g/mol. The molecule has 1 amide bonds. The van der Waals surface area contributed by atoms with Crippen LogP contribution in [0.15, 0.2) is 0 Å². The number of carboxylic acid groups (broad SMARTS) is 1. The molecule has 96 valence electrons. The van der Waals surface area contributed by atoms with Gasteiger partial charge < -0.3 is 15.7 Å². The van der Waals surface area contributed by atoms with E-state index in [1.165, 1.54) is 0 Å². The monoisotopic (exact) mass is 240 g/mol. The topological polar surface area (TPSA) is 83.6 Å². The van der Waals surface area contributed by atoms with Crippen LogP contribution in [0.4, 0.5) is 0 Å². The first-order chi connectivity index (χ1) is 8.03. The van der Waals surface area contributed by atoms with E-state index in [1.54, 1.807) is 4.90 Å². The number of hydrogen-bond donors (Lipinski definition) is 2. The lowest BCUT2D eigenvalue weighted by atomic mass is 9.92. The summed E-state index contributed by atoms with van der Waals surface area (Å²) in [4.78, 5) is 24.8. The summed E-state index contributed by atoms with van der Waals surface area (Å²) in [5.74, 6) is -1.02. The zero-order valence-electron chi connectivity index (χ0n) is 10.0. The number of aliphatic carboxylic acids is 1. The molecule has 1 saturated heterocycles. The minimum atomic E-state index is -0.750. The number of carbonyl (C=O) groups is 2. The Hall–Kier alpha value is -1.10. The third kappa shape index (κ3) is 2.44. The molecule has 1 aliphatic carbocycles. The summed E-state index contributed by atoms with van der Waals surface area (Å²) >= 11 is 0. The first-order valence-corrected chi connectivity index (χ1v) is 6.34. The fourth-order valence-electron chi connectivity index (χ4n) is 2.86. The van der Waals surface area contributed by atoms with E-state index >= 15 is 0 Å². The zero-order chi connectivity index (χ0) is 12.5. The molecule has 0 aromatic heterocycles. The maximum atomic E-state index is 12.3. The first kappa shape index (κ1) is 12.4. The average molecular weight is 240 g/mol. The molecule has 0 aromatic rings. The van der Waals surface area contributed by atoms with Gasteiger partial charge in [-0.25, -0.2) is 0 Å². The van der Waals surface area contributed by atoms with E-state index < -0.39 is 11.5 Å². The van der Waals surface area contributed by atoms with Crippen molar-refractivity contribution >= 4 is 11.9 Å². The highest BCUT2D eigenvalue weighted by molar-refractivity contribution is 5.86. The molecule has 0 aromatic carbocycles. The number of carbonyl (C=O) groups excluding carboxylic acids is 1. The Kier molecular flexibility index (Phi) is 3.38. The quantitative estimate of drug-likeness (QED) is 0.739. The molecule has 1 saturated carbocycles. The van der Waals surface area contributed by atoms with Crippen LogP contribution in [0.2, 0.25) is 0 Å². The van der Waals surface area contributed by atoms with Crippen LogP contribution in [0.3, 0.4) is 0 Å². The molecule has 2 aliphatic rings. The Morgan fingerprint density at radius 1 is 1.18 bits per heavy atom. The molecule has 2 rings (SSSR count). The zero-order valence-corrected chi connectivity index (χ0v) is 10.0. The lowest BCUT2D eigenvalue weighted by molar-refractivity contribution is -0.147. The second-order valence-electron chi connectivity index (χ2n) is 5.27. The number of nitrogens with two attached hydrogens (primary N) is 1. The van der Waals surface area contributed by atoms with Gasteiger partial charge in [0.1, 0.15) is 0 Å². The van der Waals surface area contributed by atoms with Crippen LogP contribution in [-0.2, 0) is 9.59 Å². The van der Waals surface area contributed by atoms with Crippen LogP contribution < -0.4 is 5.73 Å². The average Bonchev–Trinajstić information content (AvgIpc) is 2.76. The number of amides is 1. The molecule has 2 fully saturated rings. The van der Waals surface area contributed by atoms with Crippen LogP contribution >= 0.6 is 0 Å². The fourth-order valence-corrected chi connectivity index (χ4v) is 2.86. The minimum absolute atomic E-state index is 0.0267. The van der Waals surface area contributed by atoms with Gasteiger partial charge in [0.25, 0.3) is 0 Å². The number of carboxylic acids is 1. The van der Waals surface area contributed by atoms with Crippen molar-refractivity contribution in [2.45, 2.75) is 44.1 Å². The highest BCUT2D eigenvalue weighted by Gasteiger charge is 2.41. The molecule has 17 heavy (non-hydrogen) atoms. The van der Waals surface area contributed by atoms with Crippen molar-refractivity contribution < 1.29 is 14.7 Å². The highest BCUT2D eigenvalue weighted by atomic mass is 16.4. The van der Waals surface area contributed by atoms with Crippen LogP contribution in [0.1, 0.15) is 38.5 Å². The van der Waals surface area contributed by atoms with Gasteiger partial charge >= 0.3 is 5.97 Å². The van der Waals surface area contributed by atoms with Gasteiger partial charge in [-0.2, -0.15) is 0 Å². The van der Waals surface area contributed by atoms with Gasteiger partial charge in [-0.1, -0.05) is 12.8 Å². The minimum Gasteiger partial charge on any atom is -0.481 e. The number of hydrogen-bond acceptors (Lipinski definition) is 3. The largest absolute Gasteiger partial charge is 0.481 e. The van der Waals surface area contributed by atoms with Crippen molar-refractivity contribution in [3.63, 3.8) is 0 Å². The van der Waals surface area contributed by atoms with Gasteiger partial charge in [0.05, 0.1) is 11.5 Å². The second kappa shape index (κ2) is 4.64. The van der Waals surface area contributed by atoms with Crippen molar-refractivity contribution in [1.82, 2.24) is 4.90 Å². The van der Waals surface area contributed by atoms with Crippen molar-refractivity contribution in [2.24, 2.45) is 11.7 Å². The molecule has 1 aliphatic heterocycles. The van der Waals surface area contributed by atoms with E-state index in [1.807, 2.05) is 0 Å². The summed E-state index contributed by atoms with van der Waals surface area (Å²) in [6.07, 6.45) is 4.69. The van der Waals surface area contributed by atoms with Crippen LogP contribution in [0, 0.1) is 5.92 Å². The molecule has 0 radical (unpaired) electrons. The van der Waals surface area contributed by atoms with E-state index in [0.29, 0.717) is 25.9 Å². The summed E-state index contributed by atoms with van der Waals surface area (Å²) in [6.45, 7) is 1.07. The summed E-state index contributed by atoms with van der Waals surface area (Å²) in [5.41, 5.74) is 5.45. The van der Waals surface area contributed by atoms with Gasteiger partial charge in [-0.05, 0) is 25.7 Å². The predicted octanol–water partition coefficient (Wildman–Crippen LogP) is 0.581. The maximum Gasteiger partial charge on any atom is 0.306 e. The smallest absolute Gasteiger partial charge is 0.306 e. The number of nitrogens with zero attached hydrogens (tertiary/aromatic N) is 1. The Balaban J connectivity index is 1.92. The first-order valence-electron chi connectivity index (χ1n) is 6.34. The van der Waals surface area contributed by atoms with Gasteiger partial charge in [-0.15, -0.1) is 0 Å². The lowest BCUT2D eigenvalue weighted by Crippen LogP contribution is -2.55. The van der Waals surface area contributed by atoms with Gasteiger partial charge in [-0.3, -0.25) is 9.59 Å². The Morgan fingerprint density at radius 2 is 1.71 bits per heavy atom. The molecule has 0 bridgehead atoms. The van der Waals surface area contributed by atoms with Crippen LogP contribution in [0.5, 0.6) is 0 Å². The normalized spacial score (nSPS) is 24.9. The Labute approximate surface area is 101 Å². The Morgan fingerprint density at radius 3 is 2.18 bits per heavy atom. The summed E-state index contributed by atoms with van der Waals surface area (Å²) in [7, 11) is 0.